The maximum Gasteiger partial charge on any atom is 0.339 e. The fourth-order valence-electron chi connectivity index (χ4n) is 7.16. The van der Waals surface area contributed by atoms with E-state index >= 15 is 0 Å². The number of benzene rings is 3. The van der Waals surface area contributed by atoms with E-state index in [9.17, 15) is 27.3 Å². The van der Waals surface area contributed by atoms with E-state index in [1.807, 2.05) is 13.8 Å². The van der Waals surface area contributed by atoms with Crippen LogP contribution in [0.5, 0.6) is 0 Å². The number of carbonyl (C=O) groups excluding carboxylic acids is 1. The molecule has 4 heterocycles. The topological polar surface area (TPSA) is 229 Å². The lowest BCUT2D eigenvalue weighted by molar-refractivity contribution is 0.0693. The zero-order valence-corrected chi connectivity index (χ0v) is 42.6. The van der Waals surface area contributed by atoms with Crippen LogP contribution in [0, 0.1) is 59.0 Å². The molecular weight excluding hydrogens is 1000 g/mol. The first-order valence-electron chi connectivity index (χ1n) is 22.2. The zero-order chi connectivity index (χ0) is 51.7. The Morgan fingerprint density at radius 1 is 0.634 bits per heavy atom. The van der Waals surface area contributed by atoms with Crippen LogP contribution in [-0.4, -0.2) is 68.5 Å². The number of nitrogens with zero attached hydrogens (tertiary/aromatic N) is 8. The van der Waals surface area contributed by atoms with Crippen LogP contribution in [0.2, 0.25) is 0 Å². The van der Waals surface area contributed by atoms with E-state index in [1.165, 1.54) is 43.0 Å². The summed E-state index contributed by atoms with van der Waals surface area (Å²) >= 11 is 13.8. The average Bonchev–Trinajstić information content (AvgIpc) is 4.16. The molecule has 0 saturated heterocycles. The number of anilines is 4. The van der Waals surface area contributed by atoms with Gasteiger partial charge in [-0.3, -0.25) is 9.36 Å². The van der Waals surface area contributed by atoms with Crippen molar-refractivity contribution in [2.45, 2.75) is 98.2 Å². The Balaban J connectivity index is 0.000000156. The van der Waals surface area contributed by atoms with Crippen LogP contribution in [0.15, 0.2) is 73.6 Å². The Morgan fingerprint density at radius 3 is 1.55 bits per heavy atom. The Kier molecular flexibility index (Phi) is 18.0. The SMILES string of the molecule is Cc1ncnc(C)c1-c1nc2ccc(F)cc2n1C1CC1.Cc1ncnc(C)c1C(=O)Nc1ccc(F)cc1NC1CC1.Cc1ncnc(C)c1C(=O)O.Nc1ccc(F)cc1NC1CC1.O=P(Cl)(Cl)Cl. The summed E-state index contributed by atoms with van der Waals surface area (Å²) < 4.78 is 51.4. The normalized spacial score (nSPS) is 13.7. The number of amides is 1. The summed E-state index contributed by atoms with van der Waals surface area (Å²) in [5, 5.41) is 14.7. The molecule has 0 spiro atoms. The molecule has 4 aromatic heterocycles. The number of fused-ring (bicyclic) bond motifs is 1. The number of hydrogen-bond acceptors (Lipinski definition) is 13. The number of aromatic carboxylic acids is 1. The van der Waals surface area contributed by atoms with Gasteiger partial charge in [0.2, 0.25) is 0 Å². The number of nitrogens with one attached hydrogen (secondary N) is 3. The molecule has 0 bridgehead atoms. The van der Waals surface area contributed by atoms with Gasteiger partial charge >= 0.3 is 11.2 Å². The smallest absolute Gasteiger partial charge is 0.339 e. The zero-order valence-electron chi connectivity index (χ0n) is 39.4. The number of carboxylic acids is 1. The molecule has 3 aliphatic carbocycles. The number of halogens is 6. The van der Waals surface area contributed by atoms with E-state index in [1.54, 1.807) is 58.3 Å². The van der Waals surface area contributed by atoms with Crippen molar-refractivity contribution >= 4 is 84.6 Å². The molecule has 0 unspecified atom stereocenters. The Bertz CT molecular complexity index is 3050. The quantitative estimate of drug-likeness (QED) is 0.0669. The molecule has 0 atom stereocenters. The highest BCUT2D eigenvalue weighted by Crippen LogP contribution is 2.61. The summed E-state index contributed by atoms with van der Waals surface area (Å²) in [6.07, 6.45) is 11.0. The van der Waals surface area contributed by atoms with E-state index in [0.717, 1.165) is 78.0 Å². The number of carbonyl (C=O) groups is 2. The number of hydrogen-bond donors (Lipinski definition) is 5. The van der Waals surface area contributed by atoms with E-state index in [0.29, 0.717) is 63.5 Å². The summed E-state index contributed by atoms with van der Waals surface area (Å²) in [5.74, 6) is -1.21. The summed E-state index contributed by atoms with van der Waals surface area (Å²) in [4.78, 5) is 52.0. The summed E-state index contributed by atoms with van der Waals surface area (Å²) in [6, 6.07) is 14.7. The van der Waals surface area contributed by atoms with Gasteiger partial charge in [-0.05, 0) is 168 Å². The monoisotopic (exact) mass is 1050 g/mol. The molecule has 3 aliphatic rings. The van der Waals surface area contributed by atoms with Crippen LogP contribution < -0.4 is 21.7 Å². The minimum Gasteiger partial charge on any atom is -0.478 e. The maximum atomic E-state index is 13.6. The van der Waals surface area contributed by atoms with Gasteiger partial charge in [0.05, 0.1) is 79.1 Å². The van der Waals surface area contributed by atoms with Crippen molar-refractivity contribution in [3.05, 3.63) is 136 Å². The molecule has 16 nitrogen and oxygen atoms in total. The first-order valence-corrected chi connectivity index (χ1v) is 26.6. The van der Waals surface area contributed by atoms with E-state index in [2.05, 4.69) is 84.1 Å². The minimum absolute atomic E-state index is 0.201. The Hall–Kier alpha value is -6.40. The third kappa shape index (κ3) is 15.8. The molecule has 0 radical (unpaired) electrons. The van der Waals surface area contributed by atoms with Gasteiger partial charge in [-0.15, -0.1) is 0 Å². The lowest BCUT2D eigenvalue weighted by atomic mass is 10.1. The van der Waals surface area contributed by atoms with E-state index in [-0.39, 0.29) is 28.9 Å². The summed E-state index contributed by atoms with van der Waals surface area (Å²) in [5.41, 5.74) is 15.5. The highest BCUT2D eigenvalue weighted by Gasteiger charge is 2.30. The van der Waals surface area contributed by atoms with E-state index in [4.69, 9.17) is 15.8 Å². The van der Waals surface area contributed by atoms with E-state index < -0.39 is 11.2 Å². The molecule has 1 amide bonds. The van der Waals surface area contributed by atoms with Crippen LogP contribution in [0.4, 0.5) is 35.9 Å². The van der Waals surface area contributed by atoms with Gasteiger partial charge in [-0.25, -0.2) is 52.9 Å². The van der Waals surface area contributed by atoms with Crippen LogP contribution in [-0.2, 0) is 4.57 Å². The molecule has 23 heteroatoms. The highest BCUT2D eigenvalue weighted by atomic mass is 36.0. The number of rotatable bonds is 9. The van der Waals surface area contributed by atoms with Gasteiger partial charge in [0.15, 0.2) is 0 Å². The largest absolute Gasteiger partial charge is 0.478 e. The van der Waals surface area contributed by atoms with Gasteiger partial charge in [-0.2, -0.15) is 0 Å². The predicted molar refractivity (Wildman–Crippen MR) is 272 cm³/mol. The first kappa shape index (κ1) is 53.9. The first-order chi connectivity index (χ1) is 33.6. The average molecular weight is 1050 g/mol. The molecule has 10 rings (SSSR count). The molecule has 6 N–H and O–H groups in total. The molecule has 3 aromatic carbocycles. The summed E-state index contributed by atoms with van der Waals surface area (Å²) in [7, 11) is 0. The van der Waals surface area contributed by atoms with Gasteiger partial charge in [-0.1, -0.05) is 0 Å². The van der Waals surface area contributed by atoms with Crippen molar-refractivity contribution in [2.24, 2.45) is 0 Å². The van der Waals surface area contributed by atoms with Crippen LogP contribution >= 0.6 is 38.9 Å². The van der Waals surface area contributed by atoms with Crippen molar-refractivity contribution in [3.8, 4) is 11.4 Å². The van der Waals surface area contributed by atoms with Crippen molar-refractivity contribution in [1.82, 2.24) is 39.5 Å². The number of aryl methyl sites for hydroxylation is 6. The molecule has 0 aliphatic heterocycles. The van der Waals surface area contributed by atoms with Gasteiger partial charge in [0, 0.05) is 18.1 Å². The van der Waals surface area contributed by atoms with Gasteiger partial charge in [0.25, 0.3) is 5.91 Å². The highest BCUT2D eigenvalue weighted by molar-refractivity contribution is 8.24. The lowest BCUT2D eigenvalue weighted by Crippen LogP contribution is -2.18. The number of carboxylic acid groups (broad SMARTS) is 1. The second kappa shape index (κ2) is 23.7. The summed E-state index contributed by atoms with van der Waals surface area (Å²) in [6.45, 7) is 10.7. The third-order valence-corrected chi connectivity index (χ3v) is 11.0. The second-order valence-electron chi connectivity index (χ2n) is 16.8. The van der Waals surface area contributed by atoms with Crippen molar-refractivity contribution < 1.29 is 32.4 Å². The number of imidazole rings is 1. The maximum absolute atomic E-state index is 13.6. The Labute approximate surface area is 422 Å². The molecule has 71 heavy (non-hydrogen) atoms. The van der Waals surface area contributed by atoms with Gasteiger partial charge in [0.1, 0.15) is 47.8 Å². The molecule has 3 saturated carbocycles. The third-order valence-electron chi connectivity index (χ3n) is 11.0. The van der Waals surface area contributed by atoms with Crippen LogP contribution in [0.3, 0.4) is 0 Å². The van der Waals surface area contributed by atoms with Crippen molar-refractivity contribution in [1.29, 1.82) is 0 Å². The number of aromatic nitrogens is 8. The standard InChI is InChI=1S/C16H17FN4O.C16H15FN4.C9H11FN2.C7H8N2O2.Cl3OP/c1-9-15(10(2)19-8-18-9)16(22)21-13-6-3-11(17)7-14(13)20-12-4-5-12;1-9-15(10(2)19-8-18-9)16-20-13-6-3-11(17)7-14(13)21(16)12-4-5-12;10-6-1-4-8(11)9(5-6)12-7-2-3-7;1-4-6(7(10)11)5(2)9-3-8-4;1-5(2,3)4/h3,6-8,12,20H,4-5H2,1-2H3,(H,21,22);3,6-8,12H,4-5H2,1-2H3;1,4-5,7,12H,2-3,11H2;3H,1-2H3,(H,10,11);. The minimum atomic E-state index is -3.22. The molecule has 374 valence electrons. The van der Waals surface area contributed by atoms with Crippen molar-refractivity contribution in [3.63, 3.8) is 0 Å². The second-order valence-corrected chi connectivity index (χ2v) is 23.5. The van der Waals surface area contributed by atoms with Crippen molar-refractivity contribution in [2.75, 3.05) is 21.7 Å². The van der Waals surface area contributed by atoms with Gasteiger partial charge < -0.3 is 31.4 Å². The molecular formula is C48H51Cl3F3N12O4P. The molecule has 7 aromatic rings. The van der Waals surface area contributed by atoms with Crippen LogP contribution in [0.1, 0.15) is 99.4 Å². The lowest BCUT2D eigenvalue weighted by Gasteiger charge is -2.14. The number of nitrogen functional groups attached to an aromatic ring is 1. The molecule has 3 fully saturated rings. The Morgan fingerprint density at radius 2 is 1.07 bits per heavy atom. The predicted octanol–water partition coefficient (Wildman–Crippen LogP) is 12.2. The fraction of sp³-hybridized carbons (Fsp3) is 0.312. The number of nitrogens with two attached hydrogens (primary N) is 1. The fourth-order valence-corrected chi connectivity index (χ4v) is 7.16. The van der Waals surface area contributed by atoms with Crippen LogP contribution in [0.25, 0.3) is 22.4 Å².